The molecule has 1 fully saturated rings. The van der Waals surface area contributed by atoms with Crippen molar-refractivity contribution in [1.82, 2.24) is 26.2 Å². The van der Waals surface area contributed by atoms with Crippen molar-refractivity contribution in [2.45, 2.75) is 129 Å². The minimum Gasteiger partial charge on any atom is -0.497 e. The number of benzene rings is 3. The van der Waals surface area contributed by atoms with E-state index in [-0.39, 0.29) is 75.8 Å². The Kier molecular flexibility index (Phi) is 22.8. The van der Waals surface area contributed by atoms with Gasteiger partial charge in [0, 0.05) is 19.5 Å². The summed E-state index contributed by atoms with van der Waals surface area (Å²) >= 11 is 0. The molecule has 4 N–H and O–H groups in total. The molecule has 0 saturated carbocycles. The lowest BCUT2D eigenvalue weighted by atomic mass is 9.87. The van der Waals surface area contributed by atoms with Crippen LogP contribution in [0.25, 0.3) is 0 Å². The zero-order valence-electron chi connectivity index (χ0n) is 41.4. The lowest BCUT2D eigenvalue weighted by Crippen LogP contribution is -2.60. The molecule has 69 heavy (non-hydrogen) atoms. The maximum absolute atomic E-state index is 14.5. The number of ether oxygens (including phenoxy) is 4. The number of hydrogen-bond acceptors (Lipinski definition) is 12. The van der Waals surface area contributed by atoms with Gasteiger partial charge >= 0.3 is 11.9 Å². The van der Waals surface area contributed by atoms with E-state index in [9.17, 15) is 33.6 Å². The quantitative estimate of drug-likeness (QED) is 0.0707. The summed E-state index contributed by atoms with van der Waals surface area (Å²) in [6, 6.07) is 21.3. The summed E-state index contributed by atoms with van der Waals surface area (Å²) in [7, 11) is 1.55. The standard InChI is InChI=1S/C53H73N5O11/c1-8-53(6,69-48(61)26-25-47(60)68-35-40-19-22-41(66-7)23-20-40)49(62)43(31-36(2)3)55-52(65)45(33-39-17-13-10-14-18-39)57-51(64)44(32-37(4)5)56-50(63)42(24-21-38-15-11-9-12-16-38)54-46(59)34-58-27-29-67-30-28-58/h9-20,22-23,36-37,42-45H,8,21,24-35H2,1-7H3,(H,54,59)(H,55,65)(H,56,63)(H,57,64)/t42-,43-,44-,45-,53+/m0/s1. The summed E-state index contributed by atoms with van der Waals surface area (Å²) in [5.41, 5.74) is 0.779. The molecular weight excluding hydrogens is 883 g/mol. The van der Waals surface area contributed by atoms with Crippen LogP contribution in [0.2, 0.25) is 0 Å². The van der Waals surface area contributed by atoms with E-state index in [4.69, 9.17) is 18.9 Å². The average molecular weight is 956 g/mol. The van der Waals surface area contributed by atoms with Crippen LogP contribution in [-0.4, -0.2) is 116 Å². The molecule has 4 amide bonds. The highest BCUT2D eigenvalue weighted by Gasteiger charge is 2.42. The predicted octanol–water partition coefficient (Wildman–Crippen LogP) is 5.04. The highest BCUT2D eigenvalue weighted by Crippen LogP contribution is 2.24. The zero-order chi connectivity index (χ0) is 50.3. The molecule has 0 radical (unpaired) electrons. The second kappa shape index (κ2) is 28.4. The third kappa shape index (κ3) is 19.4. The molecule has 1 saturated heterocycles. The number of carbonyl (C=O) groups excluding carboxylic acids is 7. The topological polar surface area (TPSA) is 208 Å². The summed E-state index contributed by atoms with van der Waals surface area (Å²) < 4.78 is 21.7. The number of carbonyl (C=O) groups is 7. The van der Waals surface area contributed by atoms with E-state index in [0.717, 1.165) is 16.7 Å². The number of nitrogens with zero attached hydrogens (tertiary/aromatic N) is 1. The number of morpholine rings is 1. The van der Waals surface area contributed by atoms with Crippen molar-refractivity contribution in [3.63, 3.8) is 0 Å². The molecule has 1 aliphatic rings. The highest BCUT2D eigenvalue weighted by molar-refractivity contribution is 5.98. The smallest absolute Gasteiger partial charge is 0.307 e. The molecule has 376 valence electrons. The Balaban J connectivity index is 1.49. The molecule has 5 atom stereocenters. The number of esters is 2. The van der Waals surface area contributed by atoms with Gasteiger partial charge in [0.05, 0.1) is 45.8 Å². The number of ketones is 1. The highest BCUT2D eigenvalue weighted by atomic mass is 16.6. The van der Waals surface area contributed by atoms with Crippen LogP contribution in [0.1, 0.15) is 96.8 Å². The van der Waals surface area contributed by atoms with Gasteiger partial charge in [-0.25, -0.2) is 0 Å². The first-order valence-corrected chi connectivity index (χ1v) is 24.1. The van der Waals surface area contributed by atoms with E-state index in [1.54, 1.807) is 38.3 Å². The van der Waals surface area contributed by atoms with Gasteiger partial charge in [-0.15, -0.1) is 0 Å². The second-order valence-corrected chi connectivity index (χ2v) is 18.6. The molecule has 1 heterocycles. The van der Waals surface area contributed by atoms with E-state index in [2.05, 4.69) is 21.3 Å². The average Bonchev–Trinajstić information content (AvgIpc) is 3.33. The van der Waals surface area contributed by atoms with Crippen molar-refractivity contribution in [3.8, 4) is 5.75 Å². The minimum atomic E-state index is -1.67. The molecule has 16 heteroatoms. The van der Waals surface area contributed by atoms with E-state index in [1.807, 2.05) is 93.3 Å². The molecule has 4 rings (SSSR count). The largest absolute Gasteiger partial charge is 0.497 e. The number of aryl methyl sites for hydroxylation is 1. The fraction of sp³-hybridized carbons (Fsp3) is 0.528. The van der Waals surface area contributed by atoms with Crippen LogP contribution in [0.4, 0.5) is 0 Å². The molecular formula is C53H73N5O11. The molecule has 3 aromatic rings. The summed E-state index contributed by atoms with van der Waals surface area (Å²) in [5, 5.41) is 11.6. The summed E-state index contributed by atoms with van der Waals surface area (Å²) in [4.78, 5) is 98.5. The lowest BCUT2D eigenvalue weighted by Gasteiger charge is -2.33. The lowest BCUT2D eigenvalue weighted by molar-refractivity contribution is -0.168. The molecule has 16 nitrogen and oxygen atoms in total. The van der Waals surface area contributed by atoms with Crippen LogP contribution in [0, 0.1) is 11.8 Å². The number of rotatable bonds is 28. The van der Waals surface area contributed by atoms with Gasteiger partial charge in [-0.05, 0) is 79.7 Å². The molecule has 1 aliphatic heterocycles. The van der Waals surface area contributed by atoms with Crippen LogP contribution in [0.5, 0.6) is 5.75 Å². The Morgan fingerprint density at radius 2 is 1.19 bits per heavy atom. The Hall–Kier alpha value is -6.13. The van der Waals surface area contributed by atoms with Crippen molar-refractivity contribution < 1.29 is 52.5 Å². The van der Waals surface area contributed by atoms with Gasteiger partial charge in [0.1, 0.15) is 30.5 Å². The van der Waals surface area contributed by atoms with Gasteiger partial charge in [0.15, 0.2) is 11.4 Å². The number of methoxy groups -OCH3 is 1. The molecule has 3 aromatic carbocycles. The summed E-state index contributed by atoms with van der Waals surface area (Å²) in [6.45, 7) is 13.1. The number of Topliss-reactive ketones (excluding diaryl/α,β-unsaturated/α-hetero) is 1. The van der Waals surface area contributed by atoms with E-state index < -0.39 is 65.2 Å². The van der Waals surface area contributed by atoms with E-state index in [0.29, 0.717) is 38.5 Å². The van der Waals surface area contributed by atoms with Gasteiger partial charge < -0.3 is 40.2 Å². The molecule has 0 aromatic heterocycles. The fourth-order valence-electron chi connectivity index (χ4n) is 7.84. The van der Waals surface area contributed by atoms with Gasteiger partial charge in [-0.2, -0.15) is 0 Å². The van der Waals surface area contributed by atoms with Crippen molar-refractivity contribution in [2.24, 2.45) is 11.8 Å². The van der Waals surface area contributed by atoms with E-state index in [1.165, 1.54) is 6.92 Å². The molecule has 0 aliphatic carbocycles. The maximum atomic E-state index is 14.5. The van der Waals surface area contributed by atoms with Crippen LogP contribution in [-0.2, 0) is 67.2 Å². The van der Waals surface area contributed by atoms with Crippen molar-refractivity contribution in [2.75, 3.05) is 40.0 Å². The third-order valence-corrected chi connectivity index (χ3v) is 11.9. The molecule has 0 unspecified atom stereocenters. The zero-order valence-corrected chi connectivity index (χ0v) is 41.4. The van der Waals surface area contributed by atoms with Gasteiger partial charge in [0.2, 0.25) is 23.6 Å². The molecule has 0 bridgehead atoms. The van der Waals surface area contributed by atoms with Gasteiger partial charge in [0.25, 0.3) is 0 Å². The van der Waals surface area contributed by atoms with Gasteiger partial charge in [-0.1, -0.05) is 107 Å². The van der Waals surface area contributed by atoms with Crippen molar-refractivity contribution >= 4 is 41.4 Å². The van der Waals surface area contributed by atoms with Crippen LogP contribution >= 0.6 is 0 Å². The maximum Gasteiger partial charge on any atom is 0.307 e. The SMILES string of the molecule is CC[C@@](C)(OC(=O)CCC(=O)OCc1ccc(OC)cc1)C(=O)[C@H](CC(C)C)NC(=O)[C@H](Cc1ccccc1)NC(=O)[C@H](CC(C)C)NC(=O)[C@H](CCc1ccccc1)NC(=O)CN1CCOCC1. The number of amides is 4. The van der Waals surface area contributed by atoms with Gasteiger partial charge in [-0.3, -0.25) is 38.5 Å². The van der Waals surface area contributed by atoms with Crippen LogP contribution in [0.15, 0.2) is 84.9 Å². The normalized spacial score (nSPS) is 15.4. The minimum absolute atomic E-state index is 0.00369. The predicted molar refractivity (Wildman–Crippen MR) is 261 cm³/mol. The van der Waals surface area contributed by atoms with E-state index >= 15 is 0 Å². The Bertz CT molecular complexity index is 2110. The fourth-order valence-corrected chi connectivity index (χ4v) is 7.84. The van der Waals surface area contributed by atoms with Crippen LogP contribution in [0.3, 0.4) is 0 Å². The van der Waals surface area contributed by atoms with Crippen LogP contribution < -0.4 is 26.0 Å². The number of hydrogen-bond donors (Lipinski definition) is 4. The first-order chi connectivity index (χ1) is 33.0. The number of nitrogens with one attached hydrogen (secondary N) is 4. The summed E-state index contributed by atoms with van der Waals surface area (Å²) in [6.07, 6.45) is 0.694. The third-order valence-electron chi connectivity index (χ3n) is 11.9. The first-order valence-electron chi connectivity index (χ1n) is 24.1. The first kappa shape index (κ1) is 55.5. The van der Waals surface area contributed by atoms with Crippen molar-refractivity contribution in [3.05, 3.63) is 102 Å². The molecule has 0 spiro atoms. The monoisotopic (exact) mass is 956 g/mol. The Morgan fingerprint density at radius 3 is 1.78 bits per heavy atom. The second-order valence-electron chi connectivity index (χ2n) is 18.6. The summed E-state index contributed by atoms with van der Waals surface area (Å²) in [5.74, 6) is -3.56. The Morgan fingerprint density at radius 1 is 0.652 bits per heavy atom. The van der Waals surface area contributed by atoms with Crippen molar-refractivity contribution in [1.29, 1.82) is 0 Å². The Labute approximate surface area is 407 Å².